The summed E-state index contributed by atoms with van der Waals surface area (Å²) in [6.45, 7) is 8.99. The van der Waals surface area contributed by atoms with Crippen LogP contribution in [-0.2, 0) is 9.53 Å². The van der Waals surface area contributed by atoms with E-state index in [1.807, 2.05) is 37.3 Å². The fourth-order valence-electron chi connectivity index (χ4n) is 4.49. The molecular weight excluding hydrogens is 488 g/mol. The van der Waals surface area contributed by atoms with Gasteiger partial charge in [-0.15, -0.1) is 0 Å². The third-order valence-corrected chi connectivity index (χ3v) is 7.27. The van der Waals surface area contributed by atoms with Gasteiger partial charge in [-0.3, -0.25) is 9.69 Å². The summed E-state index contributed by atoms with van der Waals surface area (Å²) >= 11 is 1.44. The van der Waals surface area contributed by atoms with Crippen molar-refractivity contribution in [2.75, 3.05) is 49.6 Å². The van der Waals surface area contributed by atoms with Crippen molar-refractivity contribution in [3.63, 3.8) is 0 Å². The number of aromatic nitrogens is 2. The van der Waals surface area contributed by atoms with E-state index in [2.05, 4.69) is 25.1 Å². The second-order valence-electron chi connectivity index (χ2n) is 9.32. The lowest BCUT2D eigenvalue weighted by atomic mass is 10.0. The van der Waals surface area contributed by atoms with Gasteiger partial charge in [0.05, 0.1) is 13.2 Å². The number of carbonyl (C=O) groups is 1. The summed E-state index contributed by atoms with van der Waals surface area (Å²) in [6, 6.07) is 10.1. The van der Waals surface area contributed by atoms with Gasteiger partial charge in [-0.1, -0.05) is 6.92 Å². The maximum Gasteiger partial charge on any atom is 0.224 e. The second-order valence-corrected chi connectivity index (χ2v) is 10.4. The molecule has 0 unspecified atom stereocenters. The summed E-state index contributed by atoms with van der Waals surface area (Å²) in [7, 11) is 0. The number of amidine groups is 1. The number of hydrogen-bond acceptors (Lipinski definition) is 9. The summed E-state index contributed by atoms with van der Waals surface area (Å²) in [6.07, 6.45) is 2.89. The number of piperidine rings is 1. The van der Waals surface area contributed by atoms with E-state index in [-0.39, 0.29) is 5.91 Å². The van der Waals surface area contributed by atoms with Gasteiger partial charge >= 0.3 is 0 Å². The largest absolute Gasteiger partial charge is 0.387 e. The van der Waals surface area contributed by atoms with Crippen LogP contribution in [0.15, 0.2) is 45.4 Å². The molecule has 4 rings (SSSR count). The molecule has 2 aliphatic rings. The van der Waals surface area contributed by atoms with Gasteiger partial charge < -0.3 is 26.1 Å². The predicted octanol–water partition coefficient (Wildman–Crippen LogP) is 3.70. The number of morpholine rings is 1. The molecular formula is C26H36N8O2S. The van der Waals surface area contributed by atoms with Gasteiger partial charge in [0.15, 0.2) is 11.0 Å². The maximum atomic E-state index is 11.7. The van der Waals surface area contributed by atoms with E-state index in [4.69, 9.17) is 20.9 Å². The maximum absolute atomic E-state index is 11.7. The molecule has 1 aromatic carbocycles. The first-order valence-electron chi connectivity index (χ1n) is 12.8. The molecule has 37 heavy (non-hydrogen) atoms. The van der Waals surface area contributed by atoms with Crippen LogP contribution in [0.1, 0.15) is 39.5 Å². The highest BCUT2D eigenvalue weighted by molar-refractivity contribution is 7.99. The monoisotopic (exact) mass is 524 g/mol. The number of anilines is 2. The fraction of sp³-hybridized carbons (Fsp3) is 0.500. The molecule has 2 aliphatic heterocycles. The molecule has 1 aromatic heterocycles. The number of aliphatic imine (C=N–C) groups is 1. The Kier molecular flexibility index (Phi) is 9.48. The van der Waals surface area contributed by atoms with E-state index >= 15 is 0 Å². The van der Waals surface area contributed by atoms with Crippen molar-refractivity contribution in [3.8, 4) is 0 Å². The van der Waals surface area contributed by atoms with Gasteiger partial charge in [0, 0.05) is 67.4 Å². The van der Waals surface area contributed by atoms with E-state index < -0.39 is 0 Å². The highest BCUT2D eigenvalue weighted by Gasteiger charge is 2.27. The molecule has 4 N–H and O–H groups in total. The molecule has 0 aliphatic carbocycles. The zero-order valence-electron chi connectivity index (χ0n) is 21.6. The average Bonchev–Trinajstić information content (AvgIpc) is 2.89. The molecule has 2 saturated heterocycles. The number of carbonyl (C=O) groups excluding carboxylic acids is 1. The van der Waals surface area contributed by atoms with Gasteiger partial charge in [-0.05, 0) is 55.8 Å². The van der Waals surface area contributed by atoms with Crippen molar-refractivity contribution in [1.82, 2.24) is 14.9 Å². The van der Waals surface area contributed by atoms with Crippen LogP contribution in [0, 0.1) is 5.41 Å². The molecule has 0 saturated carbocycles. The van der Waals surface area contributed by atoms with Crippen molar-refractivity contribution < 1.29 is 9.53 Å². The van der Waals surface area contributed by atoms with Crippen LogP contribution < -0.4 is 16.0 Å². The molecule has 10 nitrogen and oxygen atoms in total. The van der Waals surface area contributed by atoms with Gasteiger partial charge in [0.1, 0.15) is 11.7 Å². The van der Waals surface area contributed by atoms with Crippen LogP contribution >= 0.6 is 11.8 Å². The number of ether oxygens (including phenoxy) is 1. The topological polar surface area (TPSA) is 133 Å². The first kappa shape index (κ1) is 27.0. The van der Waals surface area contributed by atoms with Crippen molar-refractivity contribution in [2.24, 2.45) is 10.7 Å². The standard InChI is InChI=1S/C26H36N8O2S/c1-3-25(35)29-19-4-6-21(7-5-19)37-26-31-23(30-22(28)16-18(2)27)17-24(32-26)34-10-8-20(9-11-34)33-12-14-36-15-13-33/h4-7,17,20,27H,3,8-16H2,1-2H3,(H,29,35)(H2,28,30,31,32). The molecule has 0 bridgehead atoms. The first-order chi connectivity index (χ1) is 17.9. The minimum Gasteiger partial charge on any atom is -0.387 e. The number of nitrogens with zero attached hydrogens (tertiary/aromatic N) is 5. The number of rotatable bonds is 9. The predicted molar refractivity (Wildman–Crippen MR) is 148 cm³/mol. The normalized spacial score (nSPS) is 17.6. The molecule has 3 heterocycles. The van der Waals surface area contributed by atoms with Crippen molar-refractivity contribution in [3.05, 3.63) is 30.3 Å². The second kappa shape index (κ2) is 13.0. The van der Waals surface area contributed by atoms with E-state index in [0.29, 0.717) is 41.4 Å². The summed E-state index contributed by atoms with van der Waals surface area (Å²) in [5.74, 6) is 1.67. The van der Waals surface area contributed by atoms with Crippen molar-refractivity contribution in [2.45, 2.75) is 55.6 Å². The smallest absolute Gasteiger partial charge is 0.224 e. The zero-order chi connectivity index (χ0) is 26.2. The number of hydrogen-bond donors (Lipinski definition) is 3. The van der Waals surface area contributed by atoms with Gasteiger partial charge in [0.25, 0.3) is 0 Å². The molecule has 1 amide bonds. The van der Waals surface area contributed by atoms with E-state index in [0.717, 1.165) is 68.6 Å². The molecule has 0 spiro atoms. The Labute approximate surface area is 222 Å². The Morgan fingerprint density at radius 1 is 1.19 bits per heavy atom. The third-order valence-electron chi connectivity index (χ3n) is 6.40. The molecule has 2 fully saturated rings. The van der Waals surface area contributed by atoms with Gasteiger partial charge in [-0.2, -0.15) is 0 Å². The van der Waals surface area contributed by atoms with Crippen LogP contribution in [0.5, 0.6) is 0 Å². The summed E-state index contributed by atoms with van der Waals surface area (Å²) in [5, 5.41) is 11.2. The van der Waals surface area contributed by atoms with E-state index in [1.165, 1.54) is 11.8 Å². The minimum atomic E-state index is -0.0194. The van der Waals surface area contributed by atoms with Crippen LogP contribution in [-0.4, -0.2) is 77.8 Å². The Balaban J connectivity index is 1.51. The molecule has 0 atom stereocenters. The average molecular weight is 525 g/mol. The van der Waals surface area contributed by atoms with Crippen LogP contribution in [0.4, 0.5) is 17.3 Å². The molecule has 2 aromatic rings. The highest BCUT2D eigenvalue weighted by Crippen LogP contribution is 2.31. The molecule has 198 valence electrons. The minimum absolute atomic E-state index is 0.0194. The zero-order valence-corrected chi connectivity index (χ0v) is 22.4. The molecule has 0 radical (unpaired) electrons. The highest BCUT2D eigenvalue weighted by atomic mass is 32.2. The SMILES string of the molecule is CCC(=O)Nc1ccc(Sc2nc(N=C(N)CC(C)=N)cc(N3CCC(N4CCOCC4)CC3)n2)cc1. The lowest BCUT2D eigenvalue weighted by Gasteiger charge is -2.40. The van der Waals surface area contributed by atoms with Crippen molar-refractivity contribution >= 4 is 46.5 Å². The lowest BCUT2D eigenvalue weighted by molar-refractivity contribution is -0.115. The lowest BCUT2D eigenvalue weighted by Crippen LogP contribution is -2.49. The third kappa shape index (κ3) is 7.98. The Bertz CT molecular complexity index is 1110. The van der Waals surface area contributed by atoms with Gasteiger partial charge in [0.2, 0.25) is 5.91 Å². The van der Waals surface area contributed by atoms with Crippen LogP contribution in [0.2, 0.25) is 0 Å². The summed E-state index contributed by atoms with van der Waals surface area (Å²) < 4.78 is 5.51. The Morgan fingerprint density at radius 2 is 1.89 bits per heavy atom. The Morgan fingerprint density at radius 3 is 2.54 bits per heavy atom. The van der Waals surface area contributed by atoms with E-state index in [9.17, 15) is 4.79 Å². The van der Waals surface area contributed by atoms with Crippen LogP contribution in [0.3, 0.4) is 0 Å². The number of amides is 1. The molecule has 11 heteroatoms. The first-order valence-corrected chi connectivity index (χ1v) is 13.6. The summed E-state index contributed by atoms with van der Waals surface area (Å²) in [4.78, 5) is 31.5. The van der Waals surface area contributed by atoms with Crippen molar-refractivity contribution in [1.29, 1.82) is 5.41 Å². The summed E-state index contributed by atoms with van der Waals surface area (Å²) in [5.41, 5.74) is 7.29. The Hall–Kier alpha value is -3.02. The van der Waals surface area contributed by atoms with Crippen LogP contribution in [0.25, 0.3) is 0 Å². The van der Waals surface area contributed by atoms with Gasteiger partial charge in [-0.25, -0.2) is 15.0 Å². The number of nitrogens with two attached hydrogens (primary N) is 1. The fourth-order valence-corrected chi connectivity index (χ4v) is 5.25. The van der Waals surface area contributed by atoms with E-state index in [1.54, 1.807) is 6.92 Å². The number of nitrogens with one attached hydrogen (secondary N) is 2. The number of benzene rings is 1. The quantitative estimate of drug-likeness (QED) is 0.257.